The van der Waals surface area contributed by atoms with Crippen LogP contribution in [0.15, 0.2) is 36.0 Å². The molecule has 0 aromatic heterocycles. The van der Waals surface area contributed by atoms with E-state index in [-0.39, 0.29) is 5.97 Å². The molecular weight excluding hydrogens is 178 g/mol. The number of ether oxygens (including phenoxy) is 1. The zero-order valence-corrected chi connectivity index (χ0v) is 7.91. The third-order valence-electron chi connectivity index (χ3n) is 2.22. The minimum atomic E-state index is -0.320. The number of esters is 1. The molecule has 72 valence electrons. The third-order valence-corrected chi connectivity index (χ3v) is 2.22. The molecule has 0 fully saturated rings. The van der Waals surface area contributed by atoms with Crippen molar-refractivity contribution in [2.24, 2.45) is 0 Å². The van der Waals surface area contributed by atoms with Crippen LogP contribution in [0.25, 0.3) is 0 Å². The number of fused-ring (bicyclic) bond motifs is 1. The number of nitrogens with one attached hydrogen (secondary N) is 1. The van der Waals surface area contributed by atoms with Gasteiger partial charge in [-0.1, -0.05) is 18.2 Å². The zero-order chi connectivity index (χ0) is 9.97. The molecule has 0 bridgehead atoms. The zero-order valence-electron chi connectivity index (χ0n) is 7.91. The normalized spacial score (nSPS) is 13.6. The lowest BCUT2D eigenvalue weighted by molar-refractivity contribution is -0.135. The van der Waals surface area contributed by atoms with E-state index in [1.165, 1.54) is 12.7 Å². The van der Waals surface area contributed by atoms with Crippen molar-refractivity contribution in [3.8, 4) is 0 Å². The van der Waals surface area contributed by atoms with E-state index in [0.29, 0.717) is 5.70 Å². The van der Waals surface area contributed by atoms with Crippen LogP contribution in [-0.2, 0) is 16.0 Å². The maximum absolute atomic E-state index is 11.2. The maximum atomic E-state index is 11.2. The molecule has 0 amide bonds. The van der Waals surface area contributed by atoms with Gasteiger partial charge in [0.05, 0.1) is 7.11 Å². The second-order valence-electron chi connectivity index (χ2n) is 3.10. The smallest absolute Gasteiger partial charge is 0.354 e. The van der Waals surface area contributed by atoms with Crippen LogP contribution in [0.5, 0.6) is 0 Å². The van der Waals surface area contributed by atoms with Crippen LogP contribution in [0.4, 0.5) is 5.69 Å². The van der Waals surface area contributed by atoms with Gasteiger partial charge in [0.1, 0.15) is 5.70 Å². The van der Waals surface area contributed by atoms with Crippen molar-refractivity contribution >= 4 is 11.7 Å². The van der Waals surface area contributed by atoms with Gasteiger partial charge in [-0.25, -0.2) is 4.79 Å². The van der Waals surface area contributed by atoms with Crippen LogP contribution in [0, 0.1) is 0 Å². The summed E-state index contributed by atoms with van der Waals surface area (Å²) in [6.07, 6.45) is 2.61. The Morgan fingerprint density at radius 2 is 2.21 bits per heavy atom. The standard InChI is InChI=1S/C11H11NO2/c1-14-11(13)10-7-6-8-4-2-3-5-9(8)12-10/h2-5,7,12H,6H2,1H3. The molecule has 1 N–H and O–H groups in total. The first-order chi connectivity index (χ1) is 6.81. The van der Waals surface area contributed by atoms with Crippen LogP contribution in [0.1, 0.15) is 5.56 Å². The fourth-order valence-electron chi connectivity index (χ4n) is 1.47. The van der Waals surface area contributed by atoms with Gasteiger partial charge in [-0.2, -0.15) is 0 Å². The van der Waals surface area contributed by atoms with Crippen molar-refractivity contribution in [3.05, 3.63) is 41.6 Å². The molecule has 0 spiro atoms. The highest BCUT2D eigenvalue weighted by Gasteiger charge is 2.15. The van der Waals surface area contributed by atoms with E-state index in [1.807, 2.05) is 30.3 Å². The Labute approximate surface area is 82.4 Å². The molecule has 1 aliphatic heterocycles. The molecule has 1 aliphatic rings. The summed E-state index contributed by atoms with van der Waals surface area (Å²) in [5, 5.41) is 3.03. The Balaban J connectivity index is 2.25. The summed E-state index contributed by atoms with van der Waals surface area (Å²) in [5.74, 6) is -0.320. The van der Waals surface area contributed by atoms with Gasteiger partial charge in [0.2, 0.25) is 0 Å². The number of anilines is 1. The monoisotopic (exact) mass is 189 g/mol. The average molecular weight is 189 g/mol. The van der Waals surface area contributed by atoms with Gasteiger partial charge < -0.3 is 10.1 Å². The van der Waals surface area contributed by atoms with Gasteiger partial charge in [0.25, 0.3) is 0 Å². The van der Waals surface area contributed by atoms with Crippen LogP contribution in [-0.4, -0.2) is 13.1 Å². The van der Waals surface area contributed by atoms with E-state index in [9.17, 15) is 4.79 Å². The number of hydrogen-bond donors (Lipinski definition) is 1. The lowest BCUT2D eigenvalue weighted by atomic mass is 10.1. The van der Waals surface area contributed by atoms with Gasteiger partial charge in [0, 0.05) is 5.69 Å². The predicted octanol–water partition coefficient (Wildman–Crippen LogP) is 1.71. The summed E-state index contributed by atoms with van der Waals surface area (Å²) < 4.78 is 4.63. The predicted molar refractivity (Wildman–Crippen MR) is 53.9 cm³/mol. The van der Waals surface area contributed by atoms with Crippen LogP contribution in [0.2, 0.25) is 0 Å². The number of allylic oxidation sites excluding steroid dienone is 1. The Morgan fingerprint density at radius 3 is 3.00 bits per heavy atom. The van der Waals surface area contributed by atoms with Crippen molar-refractivity contribution in [1.82, 2.24) is 0 Å². The van der Waals surface area contributed by atoms with Gasteiger partial charge in [0.15, 0.2) is 0 Å². The number of methoxy groups -OCH3 is 1. The lowest BCUT2D eigenvalue weighted by Crippen LogP contribution is -2.17. The molecule has 2 rings (SSSR count). The number of carbonyl (C=O) groups excluding carboxylic acids is 1. The second-order valence-corrected chi connectivity index (χ2v) is 3.10. The molecule has 3 heteroatoms. The number of para-hydroxylation sites is 1. The Hall–Kier alpha value is -1.77. The van der Waals surface area contributed by atoms with E-state index >= 15 is 0 Å². The first-order valence-corrected chi connectivity index (χ1v) is 4.44. The van der Waals surface area contributed by atoms with Crippen molar-refractivity contribution in [2.45, 2.75) is 6.42 Å². The van der Waals surface area contributed by atoms with E-state index in [4.69, 9.17) is 0 Å². The maximum Gasteiger partial charge on any atom is 0.354 e. The molecule has 0 radical (unpaired) electrons. The fourth-order valence-corrected chi connectivity index (χ4v) is 1.47. The van der Waals surface area contributed by atoms with Gasteiger partial charge in [-0.05, 0) is 24.1 Å². The molecule has 0 saturated carbocycles. The van der Waals surface area contributed by atoms with Crippen LogP contribution >= 0.6 is 0 Å². The van der Waals surface area contributed by atoms with Gasteiger partial charge in [-0.15, -0.1) is 0 Å². The molecule has 1 heterocycles. The Kier molecular flexibility index (Phi) is 2.23. The Morgan fingerprint density at radius 1 is 1.43 bits per heavy atom. The summed E-state index contributed by atoms with van der Waals surface area (Å²) in [4.78, 5) is 11.2. The highest BCUT2D eigenvalue weighted by molar-refractivity contribution is 5.92. The number of rotatable bonds is 1. The lowest BCUT2D eigenvalue weighted by Gasteiger charge is -2.17. The van der Waals surface area contributed by atoms with E-state index in [2.05, 4.69) is 10.1 Å². The highest BCUT2D eigenvalue weighted by atomic mass is 16.5. The van der Waals surface area contributed by atoms with Crippen molar-refractivity contribution in [2.75, 3.05) is 12.4 Å². The topological polar surface area (TPSA) is 38.3 Å². The van der Waals surface area contributed by atoms with Crippen molar-refractivity contribution in [3.63, 3.8) is 0 Å². The minimum Gasteiger partial charge on any atom is -0.464 e. The summed E-state index contributed by atoms with van der Waals surface area (Å²) in [5.41, 5.74) is 2.70. The minimum absolute atomic E-state index is 0.320. The first kappa shape index (κ1) is 8.81. The van der Waals surface area contributed by atoms with Crippen LogP contribution < -0.4 is 5.32 Å². The molecular formula is C11H11NO2. The van der Waals surface area contributed by atoms with Crippen LogP contribution in [0.3, 0.4) is 0 Å². The molecule has 0 aliphatic carbocycles. The van der Waals surface area contributed by atoms with Gasteiger partial charge in [-0.3, -0.25) is 0 Å². The SMILES string of the molecule is COC(=O)C1=CCc2ccccc2N1. The molecule has 0 atom stereocenters. The molecule has 0 saturated heterocycles. The van der Waals surface area contributed by atoms with E-state index < -0.39 is 0 Å². The second kappa shape index (κ2) is 3.54. The molecule has 3 nitrogen and oxygen atoms in total. The fraction of sp³-hybridized carbons (Fsp3) is 0.182. The summed E-state index contributed by atoms with van der Waals surface area (Å²) in [6.45, 7) is 0. The quantitative estimate of drug-likeness (QED) is 0.683. The molecule has 14 heavy (non-hydrogen) atoms. The van der Waals surface area contributed by atoms with Crippen molar-refractivity contribution in [1.29, 1.82) is 0 Å². The highest BCUT2D eigenvalue weighted by Crippen LogP contribution is 2.22. The number of hydrogen-bond acceptors (Lipinski definition) is 3. The van der Waals surface area contributed by atoms with E-state index in [1.54, 1.807) is 0 Å². The largest absolute Gasteiger partial charge is 0.464 e. The summed E-state index contributed by atoms with van der Waals surface area (Å²) in [6, 6.07) is 7.90. The summed E-state index contributed by atoms with van der Waals surface area (Å²) >= 11 is 0. The number of benzene rings is 1. The number of carbonyl (C=O) groups is 1. The average Bonchev–Trinajstić information content (AvgIpc) is 2.27. The summed E-state index contributed by atoms with van der Waals surface area (Å²) in [7, 11) is 1.38. The van der Waals surface area contributed by atoms with Crippen molar-refractivity contribution < 1.29 is 9.53 Å². The molecule has 1 aromatic rings. The molecule has 0 unspecified atom stereocenters. The van der Waals surface area contributed by atoms with E-state index in [0.717, 1.165) is 12.1 Å². The molecule has 1 aromatic carbocycles. The van der Waals surface area contributed by atoms with Gasteiger partial charge >= 0.3 is 5.97 Å². The third kappa shape index (κ3) is 1.48. The Bertz CT molecular complexity index is 396. The first-order valence-electron chi connectivity index (χ1n) is 4.44.